The van der Waals surface area contributed by atoms with Crippen molar-refractivity contribution in [3.8, 4) is 17.2 Å². The van der Waals surface area contributed by atoms with E-state index in [1.807, 2.05) is 31.2 Å². The number of Topliss-reactive ketones (excluding diaryl/α,β-unsaturated/α-hetero) is 1. The minimum atomic E-state index is -0.331. The molecule has 0 aliphatic rings. The molecule has 0 heterocycles. The smallest absolute Gasteiger partial charge is 0.203 e. The number of aryl methyl sites for hydroxylation is 1. The molecule has 0 aliphatic carbocycles. The van der Waals surface area contributed by atoms with Gasteiger partial charge in [0.05, 0.1) is 5.56 Å². The number of hydrogen-bond donors (Lipinski definition) is 2. The minimum absolute atomic E-state index is 0.00904. The Kier molecular flexibility index (Phi) is 5.17. The lowest BCUT2D eigenvalue weighted by atomic mass is 9.87. The van der Waals surface area contributed by atoms with Crippen LogP contribution in [0.4, 0.5) is 0 Å². The molecule has 0 fully saturated rings. The van der Waals surface area contributed by atoms with Crippen LogP contribution in [0.1, 0.15) is 49.2 Å². The second-order valence-electron chi connectivity index (χ2n) is 6.84. The lowest BCUT2D eigenvalue weighted by molar-refractivity contribution is 0.0918. The number of aromatic hydroxyl groups is 2. The summed E-state index contributed by atoms with van der Waals surface area (Å²) in [5, 5.41) is 19.6. The number of rotatable bonds is 5. The van der Waals surface area contributed by atoms with Gasteiger partial charge in [-0.15, -0.1) is 0 Å². The molecule has 0 aliphatic heterocycles. The van der Waals surface area contributed by atoms with Crippen LogP contribution in [0, 0.1) is 0 Å². The second kappa shape index (κ2) is 6.95. The molecule has 0 spiro atoms. The van der Waals surface area contributed by atoms with Crippen LogP contribution >= 0.6 is 0 Å². The number of hydrogen-bond acceptors (Lipinski definition) is 4. The standard InChI is InChI=1S/C20H24O4/c1-5-13-10-16(18(22)11-17(13)21)19(23)12-24-15-8-6-14(7-9-15)20(2,3)4/h6-11,21-22H,5,12H2,1-4H3. The topological polar surface area (TPSA) is 66.8 Å². The van der Waals surface area contributed by atoms with Crippen LogP contribution in [0.5, 0.6) is 17.2 Å². The zero-order valence-electron chi connectivity index (χ0n) is 14.6. The van der Waals surface area contributed by atoms with Gasteiger partial charge in [0.1, 0.15) is 17.2 Å². The van der Waals surface area contributed by atoms with Crippen LogP contribution in [0.3, 0.4) is 0 Å². The number of benzene rings is 2. The molecule has 2 rings (SSSR count). The molecule has 0 bridgehead atoms. The van der Waals surface area contributed by atoms with Crippen molar-refractivity contribution in [2.75, 3.05) is 6.61 Å². The summed E-state index contributed by atoms with van der Waals surface area (Å²) in [6.45, 7) is 8.09. The third-order valence-electron chi connectivity index (χ3n) is 3.97. The van der Waals surface area contributed by atoms with Crippen molar-refractivity contribution < 1.29 is 19.7 Å². The molecule has 2 aromatic rings. The van der Waals surface area contributed by atoms with Crippen molar-refractivity contribution in [1.29, 1.82) is 0 Å². The third-order valence-corrected chi connectivity index (χ3v) is 3.97. The molecule has 0 amide bonds. The van der Waals surface area contributed by atoms with Gasteiger partial charge in [-0.25, -0.2) is 0 Å². The lowest BCUT2D eigenvalue weighted by Crippen LogP contribution is -2.13. The third kappa shape index (κ3) is 4.07. The van der Waals surface area contributed by atoms with Gasteiger partial charge in [-0.1, -0.05) is 39.8 Å². The van der Waals surface area contributed by atoms with Crippen LogP contribution in [0.15, 0.2) is 36.4 Å². The van der Waals surface area contributed by atoms with E-state index in [1.54, 1.807) is 0 Å². The van der Waals surface area contributed by atoms with Gasteiger partial charge < -0.3 is 14.9 Å². The largest absolute Gasteiger partial charge is 0.508 e. The van der Waals surface area contributed by atoms with E-state index in [2.05, 4.69) is 20.8 Å². The summed E-state index contributed by atoms with van der Waals surface area (Å²) in [5.41, 5.74) is 2.02. The summed E-state index contributed by atoms with van der Waals surface area (Å²) in [6, 6.07) is 10.3. The average molecular weight is 328 g/mol. The molecule has 0 saturated heterocycles. The fourth-order valence-corrected chi connectivity index (χ4v) is 2.41. The Hall–Kier alpha value is -2.49. The van der Waals surface area contributed by atoms with Gasteiger partial charge in [-0.05, 0) is 41.2 Å². The zero-order chi connectivity index (χ0) is 17.9. The van der Waals surface area contributed by atoms with Gasteiger partial charge in [0, 0.05) is 6.07 Å². The molecule has 4 nitrogen and oxygen atoms in total. The van der Waals surface area contributed by atoms with Gasteiger partial charge >= 0.3 is 0 Å². The maximum atomic E-state index is 12.3. The maximum Gasteiger partial charge on any atom is 0.203 e. The number of phenols is 2. The minimum Gasteiger partial charge on any atom is -0.508 e. The number of carbonyl (C=O) groups is 1. The van der Waals surface area contributed by atoms with Crippen LogP contribution in [-0.2, 0) is 11.8 Å². The fourth-order valence-electron chi connectivity index (χ4n) is 2.41. The van der Waals surface area contributed by atoms with Gasteiger partial charge in [0.2, 0.25) is 5.78 Å². The predicted molar refractivity (Wildman–Crippen MR) is 94.1 cm³/mol. The van der Waals surface area contributed by atoms with E-state index in [0.29, 0.717) is 17.7 Å². The Morgan fingerprint density at radius 3 is 2.21 bits per heavy atom. The maximum absolute atomic E-state index is 12.3. The van der Waals surface area contributed by atoms with Gasteiger partial charge in [-0.3, -0.25) is 4.79 Å². The number of phenolic OH excluding ortho intramolecular Hbond substituents is 2. The Bertz CT molecular complexity index is 725. The molecule has 0 atom stereocenters. The van der Waals surface area contributed by atoms with Gasteiger partial charge in [0.15, 0.2) is 6.61 Å². The zero-order valence-corrected chi connectivity index (χ0v) is 14.6. The molecular formula is C20H24O4. The van der Waals surface area contributed by atoms with Crippen molar-refractivity contribution in [3.63, 3.8) is 0 Å². The van der Waals surface area contributed by atoms with Crippen LogP contribution in [-0.4, -0.2) is 22.6 Å². The molecule has 0 radical (unpaired) electrons. The summed E-state index contributed by atoms with van der Waals surface area (Å²) in [4.78, 5) is 12.3. The lowest BCUT2D eigenvalue weighted by Gasteiger charge is -2.19. The van der Waals surface area contributed by atoms with Crippen LogP contribution in [0.2, 0.25) is 0 Å². The number of ether oxygens (including phenoxy) is 1. The summed E-state index contributed by atoms with van der Waals surface area (Å²) in [5.74, 6) is 0.0269. The van der Waals surface area contributed by atoms with Gasteiger partial charge in [0.25, 0.3) is 0 Å². The predicted octanol–water partition coefficient (Wildman–Crippen LogP) is 4.22. The van der Waals surface area contributed by atoms with E-state index in [0.717, 1.165) is 0 Å². The van der Waals surface area contributed by atoms with E-state index in [-0.39, 0.29) is 34.9 Å². The van der Waals surface area contributed by atoms with Crippen molar-refractivity contribution in [1.82, 2.24) is 0 Å². The summed E-state index contributed by atoms with van der Waals surface area (Å²) < 4.78 is 5.53. The average Bonchev–Trinajstić information content (AvgIpc) is 2.52. The Balaban J connectivity index is 2.08. The first kappa shape index (κ1) is 17.9. The highest BCUT2D eigenvalue weighted by Crippen LogP contribution is 2.28. The van der Waals surface area contributed by atoms with Crippen molar-refractivity contribution >= 4 is 5.78 Å². The molecule has 4 heteroatoms. The van der Waals surface area contributed by atoms with E-state index >= 15 is 0 Å². The van der Waals surface area contributed by atoms with E-state index in [4.69, 9.17) is 4.74 Å². The molecule has 0 aromatic heterocycles. The molecule has 24 heavy (non-hydrogen) atoms. The Morgan fingerprint density at radius 2 is 1.67 bits per heavy atom. The number of carbonyl (C=O) groups excluding carboxylic acids is 1. The monoisotopic (exact) mass is 328 g/mol. The molecular weight excluding hydrogens is 304 g/mol. The number of ketones is 1. The first-order chi connectivity index (χ1) is 11.2. The normalized spacial score (nSPS) is 11.3. The Labute approximate surface area is 142 Å². The molecule has 128 valence electrons. The van der Waals surface area contributed by atoms with Crippen molar-refractivity contribution in [2.24, 2.45) is 0 Å². The molecule has 0 unspecified atom stereocenters. The van der Waals surface area contributed by atoms with Crippen molar-refractivity contribution in [3.05, 3.63) is 53.1 Å². The van der Waals surface area contributed by atoms with Gasteiger partial charge in [-0.2, -0.15) is 0 Å². The highest BCUT2D eigenvalue weighted by atomic mass is 16.5. The van der Waals surface area contributed by atoms with Crippen LogP contribution in [0.25, 0.3) is 0 Å². The summed E-state index contributed by atoms with van der Waals surface area (Å²) in [6.07, 6.45) is 0.571. The molecule has 0 saturated carbocycles. The Morgan fingerprint density at radius 1 is 1.04 bits per heavy atom. The quantitative estimate of drug-likeness (QED) is 0.807. The van der Waals surface area contributed by atoms with Crippen molar-refractivity contribution in [2.45, 2.75) is 39.5 Å². The van der Waals surface area contributed by atoms with E-state index in [1.165, 1.54) is 17.7 Å². The summed E-state index contributed by atoms with van der Waals surface area (Å²) >= 11 is 0. The highest BCUT2D eigenvalue weighted by Gasteiger charge is 2.16. The fraction of sp³-hybridized carbons (Fsp3) is 0.350. The second-order valence-corrected chi connectivity index (χ2v) is 6.84. The summed E-state index contributed by atoms with van der Waals surface area (Å²) in [7, 11) is 0. The molecule has 2 N–H and O–H groups in total. The first-order valence-electron chi connectivity index (χ1n) is 8.03. The molecule has 2 aromatic carbocycles. The SMILES string of the molecule is CCc1cc(C(=O)COc2ccc(C(C)(C)C)cc2)c(O)cc1O. The van der Waals surface area contributed by atoms with E-state index < -0.39 is 0 Å². The van der Waals surface area contributed by atoms with Crippen LogP contribution < -0.4 is 4.74 Å². The first-order valence-corrected chi connectivity index (χ1v) is 8.03. The van der Waals surface area contributed by atoms with E-state index in [9.17, 15) is 15.0 Å². The highest BCUT2D eigenvalue weighted by molar-refractivity contribution is 6.00.